The molecule has 7 nitrogen and oxygen atoms in total. The number of hydrogen-bond donors (Lipinski definition) is 1. The first-order chi connectivity index (χ1) is 14.0. The summed E-state index contributed by atoms with van der Waals surface area (Å²) in [5.41, 5.74) is 2.50. The van der Waals surface area contributed by atoms with Gasteiger partial charge in [0.05, 0.1) is 31.6 Å². The molecule has 0 radical (unpaired) electrons. The third kappa shape index (κ3) is 5.40. The molecule has 154 valence electrons. The van der Waals surface area contributed by atoms with Crippen molar-refractivity contribution in [1.82, 2.24) is 0 Å². The number of aryl methyl sites for hydroxylation is 1. The predicted molar refractivity (Wildman–Crippen MR) is 111 cm³/mol. The number of nitrogens with one attached hydrogen (secondary N) is 1. The van der Waals surface area contributed by atoms with Gasteiger partial charge in [-0.2, -0.15) is 0 Å². The van der Waals surface area contributed by atoms with Crippen molar-refractivity contribution < 1.29 is 23.8 Å². The average molecular weight is 419 g/mol. The second-order valence-electron chi connectivity index (χ2n) is 6.57. The van der Waals surface area contributed by atoms with Gasteiger partial charge in [0, 0.05) is 23.8 Å². The highest BCUT2D eigenvalue weighted by Crippen LogP contribution is 2.26. The Labute approximate surface area is 174 Å². The van der Waals surface area contributed by atoms with Crippen LogP contribution < -0.4 is 15.0 Å². The molecule has 1 saturated heterocycles. The lowest BCUT2D eigenvalue weighted by molar-refractivity contribution is -0.118. The highest BCUT2D eigenvalue weighted by molar-refractivity contribution is 6.31. The second kappa shape index (κ2) is 9.62. The maximum Gasteiger partial charge on any atom is 0.340 e. The van der Waals surface area contributed by atoms with Crippen molar-refractivity contribution in [2.75, 3.05) is 50.2 Å². The lowest BCUT2D eigenvalue weighted by Gasteiger charge is -2.30. The van der Waals surface area contributed by atoms with E-state index in [0.29, 0.717) is 48.3 Å². The molecule has 0 spiro atoms. The van der Waals surface area contributed by atoms with E-state index in [4.69, 9.17) is 25.8 Å². The average Bonchev–Trinajstić information content (AvgIpc) is 2.74. The normalized spacial score (nSPS) is 13.7. The van der Waals surface area contributed by atoms with Crippen LogP contribution in [-0.4, -0.2) is 51.9 Å². The molecule has 1 N–H and O–H groups in total. The zero-order chi connectivity index (χ0) is 20.8. The molecule has 0 aromatic heterocycles. The first-order valence-electron chi connectivity index (χ1n) is 9.22. The number of amides is 1. The van der Waals surface area contributed by atoms with E-state index in [9.17, 15) is 9.59 Å². The molecule has 1 amide bonds. The molecule has 0 atom stereocenters. The molecular formula is C21H23ClN2O5. The molecule has 1 aliphatic heterocycles. The molecule has 0 aliphatic carbocycles. The number of carbonyl (C=O) groups excluding carboxylic acids is 2. The minimum Gasteiger partial charge on any atom is -0.484 e. The Kier molecular flexibility index (Phi) is 6.95. The van der Waals surface area contributed by atoms with Gasteiger partial charge in [0.1, 0.15) is 5.75 Å². The number of benzene rings is 2. The maximum atomic E-state index is 12.3. The smallest absolute Gasteiger partial charge is 0.340 e. The Morgan fingerprint density at radius 2 is 1.93 bits per heavy atom. The third-order valence-corrected chi connectivity index (χ3v) is 4.96. The van der Waals surface area contributed by atoms with Crippen LogP contribution in [0.1, 0.15) is 15.9 Å². The van der Waals surface area contributed by atoms with Crippen molar-refractivity contribution in [2.24, 2.45) is 0 Å². The fourth-order valence-corrected chi connectivity index (χ4v) is 3.14. The molecular weight excluding hydrogens is 396 g/mol. The summed E-state index contributed by atoms with van der Waals surface area (Å²) in [5.74, 6) is -0.247. The number of nitrogens with zero attached hydrogens (tertiary/aromatic N) is 1. The van der Waals surface area contributed by atoms with Crippen LogP contribution >= 0.6 is 11.6 Å². The van der Waals surface area contributed by atoms with Gasteiger partial charge in [0.2, 0.25) is 0 Å². The number of methoxy groups -OCH3 is 1. The topological polar surface area (TPSA) is 77.1 Å². The van der Waals surface area contributed by atoms with E-state index in [0.717, 1.165) is 11.3 Å². The highest BCUT2D eigenvalue weighted by atomic mass is 35.5. The van der Waals surface area contributed by atoms with Crippen LogP contribution in [0, 0.1) is 6.92 Å². The summed E-state index contributed by atoms with van der Waals surface area (Å²) in [6.07, 6.45) is 0. The van der Waals surface area contributed by atoms with Crippen molar-refractivity contribution in [3.63, 3.8) is 0 Å². The lowest BCUT2D eigenvalue weighted by Crippen LogP contribution is -2.37. The Hall–Kier alpha value is -2.77. The van der Waals surface area contributed by atoms with Crippen molar-refractivity contribution in [3.05, 3.63) is 52.5 Å². The van der Waals surface area contributed by atoms with Crippen LogP contribution in [-0.2, 0) is 14.3 Å². The van der Waals surface area contributed by atoms with E-state index >= 15 is 0 Å². The molecule has 3 rings (SSSR count). The van der Waals surface area contributed by atoms with Crippen LogP contribution in [0.3, 0.4) is 0 Å². The number of anilines is 2. The molecule has 1 heterocycles. The van der Waals surface area contributed by atoms with Gasteiger partial charge in [-0.1, -0.05) is 11.6 Å². The Bertz CT molecular complexity index is 897. The number of ether oxygens (including phenoxy) is 3. The van der Waals surface area contributed by atoms with E-state index in [2.05, 4.69) is 10.2 Å². The first-order valence-corrected chi connectivity index (χ1v) is 9.59. The van der Waals surface area contributed by atoms with Crippen LogP contribution in [0.5, 0.6) is 5.75 Å². The van der Waals surface area contributed by atoms with Crippen molar-refractivity contribution in [2.45, 2.75) is 6.92 Å². The SMILES string of the molecule is COC(=O)c1cc(NC(=O)COc2ccc(Cl)c(C)c2)ccc1N1CCOCC1. The van der Waals surface area contributed by atoms with Crippen molar-refractivity contribution in [1.29, 1.82) is 0 Å². The first kappa shape index (κ1) is 21.0. The molecule has 8 heteroatoms. The number of morpholine rings is 1. The molecule has 1 aliphatic rings. The molecule has 29 heavy (non-hydrogen) atoms. The molecule has 2 aromatic carbocycles. The number of hydrogen-bond acceptors (Lipinski definition) is 6. The Balaban J connectivity index is 1.68. The fraction of sp³-hybridized carbons (Fsp3) is 0.333. The predicted octanol–water partition coefficient (Wildman–Crippen LogP) is 3.29. The van der Waals surface area contributed by atoms with E-state index in [1.807, 2.05) is 6.92 Å². The van der Waals surface area contributed by atoms with Gasteiger partial charge >= 0.3 is 5.97 Å². The van der Waals surface area contributed by atoms with Gasteiger partial charge in [-0.05, 0) is 48.9 Å². The van der Waals surface area contributed by atoms with Crippen LogP contribution in [0.4, 0.5) is 11.4 Å². The van der Waals surface area contributed by atoms with E-state index < -0.39 is 5.97 Å². The second-order valence-corrected chi connectivity index (χ2v) is 6.98. The van der Waals surface area contributed by atoms with Gasteiger partial charge in [-0.3, -0.25) is 4.79 Å². The zero-order valence-corrected chi connectivity index (χ0v) is 17.1. The minimum absolute atomic E-state index is 0.167. The van der Waals surface area contributed by atoms with Gasteiger partial charge in [0.25, 0.3) is 5.91 Å². The van der Waals surface area contributed by atoms with Crippen molar-refractivity contribution >= 4 is 34.9 Å². The quantitative estimate of drug-likeness (QED) is 0.725. The minimum atomic E-state index is -0.463. The zero-order valence-electron chi connectivity index (χ0n) is 16.4. The van der Waals surface area contributed by atoms with Crippen LogP contribution in [0.25, 0.3) is 0 Å². The van der Waals surface area contributed by atoms with Gasteiger partial charge in [-0.25, -0.2) is 4.79 Å². The highest BCUT2D eigenvalue weighted by Gasteiger charge is 2.20. The van der Waals surface area contributed by atoms with E-state index in [-0.39, 0.29) is 12.5 Å². The van der Waals surface area contributed by atoms with Crippen molar-refractivity contribution in [3.8, 4) is 5.75 Å². The molecule has 0 saturated carbocycles. The Morgan fingerprint density at radius 3 is 2.62 bits per heavy atom. The summed E-state index contributed by atoms with van der Waals surface area (Å²) in [7, 11) is 1.33. The van der Waals surface area contributed by atoms with Crippen LogP contribution in [0.2, 0.25) is 5.02 Å². The monoisotopic (exact) mass is 418 g/mol. The van der Waals surface area contributed by atoms with Gasteiger partial charge in [-0.15, -0.1) is 0 Å². The fourth-order valence-electron chi connectivity index (χ4n) is 3.02. The largest absolute Gasteiger partial charge is 0.484 e. The number of carbonyl (C=O) groups is 2. The maximum absolute atomic E-state index is 12.3. The van der Waals surface area contributed by atoms with E-state index in [1.54, 1.807) is 36.4 Å². The number of esters is 1. The molecule has 0 unspecified atom stereocenters. The molecule has 2 aromatic rings. The lowest BCUT2D eigenvalue weighted by atomic mass is 10.1. The summed E-state index contributed by atoms with van der Waals surface area (Å²) in [4.78, 5) is 26.6. The summed E-state index contributed by atoms with van der Waals surface area (Å²) in [5, 5.41) is 3.38. The van der Waals surface area contributed by atoms with Gasteiger partial charge < -0.3 is 24.4 Å². The molecule has 1 fully saturated rings. The summed E-state index contributed by atoms with van der Waals surface area (Å²) < 4.78 is 15.8. The number of rotatable bonds is 6. The van der Waals surface area contributed by atoms with Crippen LogP contribution in [0.15, 0.2) is 36.4 Å². The standard InChI is InChI=1S/C21H23ClN2O5/c1-14-11-16(4-5-18(14)22)29-13-20(25)23-15-3-6-19(17(12-15)21(26)27-2)24-7-9-28-10-8-24/h3-6,11-12H,7-10,13H2,1-2H3,(H,23,25). The van der Waals surface area contributed by atoms with E-state index in [1.165, 1.54) is 7.11 Å². The summed E-state index contributed by atoms with van der Waals surface area (Å²) >= 11 is 5.99. The summed E-state index contributed by atoms with van der Waals surface area (Å²) in [6.45, 7) is 4.26. The number of halogens is 1. The molecule has 0 bridgehead atoms. The Morgan fingerprint density at radius 1 is 1.17 bits per heavy atom. The third-order valence-electron chi connectivity index (χ3n) is 4.54. The summed E-state index contributed by atoms with van der Waals surface area (Å²) in [6, 6.07) is 10.4. The van der Waals surface area contributed by atoms with Gasteiger partial charge in [0.15, 0.2) is 6.61 Å².